The quantitative estimate of drug-likeness (QED) is 0.194. The minimum atomic E-state index is -1.24. The maximum atomic E-state index is 17.4. The molecule has 4 saturated heterocycles. The second-order valence-corrected chi connectivity index (χ2v) is 17.5. The molecule has 56 heavy (non-hydrogen) atoms. The Morgan fingerprint density at radius 2 is 1.86 bits per heavy atom. The van der Waals surface area contributed by atoms with Crippen molar-refractivity contribution in [2.24, 2.45) is 10.8 Å². The van der Waals surface area contributed by atoms with Gasteiger partial charge in [-0.2, -0.15) is 9.97 Å². The van der Waals surface area contributed by atoms with Gasteiger partial charge in [-0.25, -0.2) is 13.8 Å². The molecule has 6 heterocycles. The van der Waals surface area contributed by atoms with Crippen LogP contribution in [0.15, 0.2) is 24.3 Å². The number of likely N-dealkylation sites (tertiary alicyclic amines) is 1. The molecule has 2 bridgehead atoms. The highest BCUT2D eigenvalue weighted by Gasteiger charge is 2.58. The van der Waals surface area contributed by atoms with Gasteiger partial charge in [-0.05, 0) is 94.3 Å². The zero-order valence-electron chi connectivity index (χ0n) is 32.3. The molecule has 4 aliphatic heterocycles. The van der Waals surface area contributed by atoms with E-state index in [0.717, 1.165) is 71.1 Å². The van der Waals surface area contributed by atoms with E-state index in [-0.39, 0.29) is 87.3 Å². The number of hydrogen-bond acceptors (Lipinski definition) is 11. The number of fused-ring (bicyclic) bond motifs is 5. The van der Waals surface area contributed by atoms with Crippen LogP contribution in [0, 0.1) is 34.8 Å². The number of hydrogen-bond donors (Lipinski definition) is 2. The van der Waals surface area contributed by atoms with E-state index in [1.54, 1.807) is 6.92 Å². The zero-order valence-corrected chi connectivity index (χ0v) is 32.3. The number of nitrogens with zero attached hydrogens (tertiary/aromatic N) is 5. The smallest absolute Gasteiger partial charge is 0.319 e. The molecule has 3 atom stereocenters. The van der Waals surface area contributed by atoms with E-state index in [1.165, 1.54) is 31.4 Å². The third kappa shape index (κ3) is 6.29. The Hall–Kier alpha value is -4.35. The van der Waals surface area contributed by atoms with Gasteiger partial charge in [0.2, 0.25) is 5.88 Å². The summed E-state index contributed by atoms with van der Waals surface area (Å²) < 4.78 is 56.8. The van der Waals surface area contributed by atoms with Gasteiger partial charge >= 0.3 is 6.01 Å². The summed E-state index contributed by atoms with van der Waals surface area (Å²) in [6, 6.07) is 5.77. The summed E-state index contributed by atoms with van der Waals surface area (Å²) in [6.45, 7) is 8.10. The monoisotopic (exact) mass is 769 g/mol. The van der Waals surface area contributed by atoms with E-state index in [2.05, 4.69) is 22.7 Å². The van der Waals surface area contributed by atoms with Crippen LogP contribution >= 0.6 is 0 Å². The molecule has 3 unspecified atom stereocenters. The number of phenols is 1. The lowest BCUT2D eigenvalue weighted by atomic mass is 9.56. The number of ether oxygens (including phenoxy) is 4. The molecule has 2 saturated carbocycles. The van der Waals surface area contributed by atoms with Gasteiger partial charge in [0, 0.05) is 42.1 Å². The average Bonchev–Trinajstić information content (AvgIpc) is 3.51. The first-order chi connectivity index (χ1) is 26.8. The van der Waals surface area contributed by atoms with Crippen LogP contribution in [-0.4, -0.2) is 107 Å². The first-order valence-electron chi connectivity index (χ1n) is 19.8. The van der Waals surface area contributed by atoms with Crippen molar-refractivity contribution >= 4 is 27.5 Å². The first kappa shape index (κ1) is 37.2. The summed E-state index contributed by atoms with van der Waals surface area (Å²) in [4.78, 5) is 18.8. The van der Waals surface area contributed by atoms with E-state index in [0.29, 0.717) is 30.0 Å². The third-order valence-corrected chi connectivity index (χ3v) is 13.1. The Bertz CT molecular complexity index is 2260. The number of benzene rings is 2. The molecule has 296 valence electrons. The molecular formula is C43H49F2N5O6. The van der Waals surface area contributed by atoms with Gasteiger partial charge in [0.1, 0.15) is 39.6 Å². The van der Waals surface area contributed by atoms with Crippen LogP contribution < -0.4 is 14.4 Å². The summed E-state index contributed by atoms with van der Waals surface area (Å²) in [5.74, 6) is 0.960. The molecule has 0 amide bonds. The lowest BCUT2D eigenvalue weighted by Gasteiger charge is -2.61. The standard InChI is InChI=1S/C43H49F2N5O6/c1-5-28-30(44)10-9-26-18-27(51)19-29(32(26)28)35-34(45)36-33(38(46-35)53-4)37(50-15-17-54-24-40(2,52)22-50)48-39(47-36)55-25-43-11-6-8-31(43)49(14-7-12-43)23-42-13-16-56-41(3,20-42)21-42/h1,9-10,18-19,31,51-52H,6-8,11-17,20-25H2,2-4H3. The fourth-order valence-electron chi connectivity index (χ4n) is 11.0. The molecule has 0 radical (unpaired) electrons. The Labute approximate surface area is 325 Å². The number of piperidine rings is 1. The normalized spacial score (nSPS) is 30.4. The third-order valence-electron chi connectivity index (χ3n) is 13.1. The van der Waals surface area contributed by atoms with Crippen LogP contribution in [0.25, 0.3) is 32.9 Å². The van der Waals surface area contributed by atoms with Crippen molar-refractivity contribution in [1.29, 1.82) is 0 Å². The van der Waals surface area contributed by atoms with Crippen LogP contribution in [0.3, 0.4) is 0 Å². The van der Waals surface area contributed by atoms with Crippen molar-refractivity contribution in [3.63, 3.8) is 0 Å². The SMILES string of the molecule is C#Cc1c(F)ccc2cc(O)cc(-c3nc(OC)c4c(N5CCOCC(C)(O)C5)nc(OCC56CCCC5N(CC57CCOC(C)(C5)C7)CCC6)nc4c3F)c12. The number of pyridine rings is 1. The fourth-order valence-corrected chi connectivity index (χ4v) is 11.0. The molecule has 2 aromatic heterocycles. The minimum absolute atomic E-state index is 0.00475. The van der Waals surface area contributed by atoms with Crippen LogP contribution in [0.4, 0.5) is 14.6 Å². The Balaban J connectivity index is 1.14. The van der Waals surface area contributed by atoms with Gasteiger partial charge in [0.05, 0.1) is 44.6 Å². The van der Waals surface area contributed by atoms with Crippen LogP contribution in [-0.2, 0) is 9.47 Å². The molecule has 6 aliphatic rings. The summed E-state index contributed by atoms with van der Waals surface area (Å²) >= 11 is 0. The molecule has 2 aromatic carbocycles. The Morgan fingerprint density at radius 1 is 1.04 bits per heavy atom. The van der Waals surface area contributed by atoms with Gasteiger partial charge in [0.15, 0.2) is 5.82 Å². The highest BCUT2D eigenvalue weighted by molar-refractivity contribution is 6.04. The maximum absolute atomic E-state index is 17.4. The number of β-amino-alcohol motifs (C(OH)–C–C–N with tert-alkyl or cyclic N) is 1. The summed E-state index contributed by atoms with van der Waals surface area (Å²) in [6.07, 6.45) is 14.4. The van der Waals surface area contributed by atoms with Crippen LogP contribution in [0.1, 0.15) is 70.8 Å². The van der Waals surface area contributed by atoms with Gasteiger partial charge in [-0.15, -0.1) is 6.42 Å². The number of anilines is 1. The summed E-state index contributed by atoms with van der Waals surface area (Å²) in [5, 5.41) is 22.8. The van der Waals surface area contributed by atoms with Crippen LogP contribution in [0.5, 0.6) is 17.6 Å². The molecule has 11 nitrogen and oxygen atoms in total. The van der Waals surface area contributed by atoms with E-state index >= 15 is 8.78 Å². The van der Waals surface area contributed by atoms with Gasteiger partial charge in [-0.3, -0.25) is 4.90 Å². The second-order valence-electron chi connectivity index (χ2n) is 17.5. The molecule has 2 aliphatic carbocycles. The molecule has 2 N–H and O–H groups in total. The number of aromatic nitrogens is 3. The highest BCUT2D eigenvalue weighted by atomic mass is 19.1. The lowest BCUT2D eigenvalue weighted by molar-refractivity contribution is -0.224. The fraction of sp³-hybridized carbons (Fsp3) is 0.558. The van der Waals surface area contributed by atoms with E-state index in [9.17, 15) is 10.2 Å². The average molecular weight is 770 g/mol. The predicted molar refractivity (Wildman–Crippen MR) is 207 cm³/mol. The van der Waals surface area contributed by atoms with E-state index < -0.39 is 17.2 Å². The number of halogens is 2. The molecule has 6 fully saturated rings. The highest BCUT2D eigenvalue weighted by Crippen LogP contribution is 2.58. The predicted octanol–water partition coefficient (Wildman–Crippen LogP) is 6.38. The number of methoxy groups -OCH3 is 1. The van der Waals surface area contributed by atoms with Crippen molar-refractivity contribution in [1.82, 2.24) is 19.9 Å². The first-order valence-corrected chi connectivity index (χ1v) is 19.8. The second kappa shape index (κ2) is 13.6. The largest absolute Gasteiger partial charge is 0.508 e. The zero-order chi connectivity index (χ0) is 39.0. The van der Waals surface area contributed by atoms with E-state index in [4.69, 9.17) is 35.3 Å². The minimum Gasteiger partial charge on any atom is -0.508 e. The molecule has 10 rings (SSSR count). The van der Waals surface area contributed by atoms with Crippen molar-refractivity contribution < 1.29 is 37.9 Å². The Morgan fingerprint density at radius 3 is 2.64 bits per heavy atom. The van der Waals surface area contributed by atoms with Crippen molar-refractivity contribution in [3.8, 4) is 41.2 Å². The number of phenolic OH excluding ortho intramolecular Hbond substituents is 1. The van der Waals surface area contributed by atoms with Crippen molar-refractivity contribution in [2.75, 3.05) is 64.6 Å². The Kier molecular flexibility index (Phi) is 9.08. The van der Waals surface area contributed by atoms with Crippen molar-refractivity contribution in [2.45, 2.75) is 82.5 Å². The van der Waals surface area contributed by atoms with Gasteiger partial charge in [-0.1, -0.05) is 18.4 Å². The summed E-state index contributed by atoms with van der Waals surface area (Å²) in [5.41, 5.74) is -1.42. The number of terminal acetylenes is 1. The molecular weight excluding hydrogens is 720 g/mol. The molecule has 0 spiro atoms. The molecule has 13 heteroatoms. The van der Waals surface area contributed by atoms with Crippen LogP contribution in [0.2, 0.25) is 0 Å². The maximum Gasteiger partial charge on any atom is 0.319 e. The number of rotatable bonds is 8. The van der Waals surface area contributed by atoms with Crippen molar-refractivity contribution in [3.05, 3.63) is 41.5 Å². The number of aliphatic hydroxyl groups is 1. The number of aromatic hydroxyl groups is 1. The topological polar surface area (TPSA) is 123 Å². The lowest BCUT2D eigenvalue weighted by Crippen LogP contribution is -2.63. The van der Waals surface area contributed by atoms with Gasteiger partial charge in [0.25, 0.3) is 0 Å². The van der Waals surface area contributed by atoms with E-state index in [1.807, 2.05) is 4.90 Å². The van der Waals surface area contributed by atoms with Gasteiger partial charge < -0.3 is 34.1 Å². The molecule has 4 aromatic rings. The summed E-state index contributed by atoms with van der Waals surface area (Å²) in [7, 11) is 1.41.